The van der Waals surface area contributed by atoms with Gasteiger partial charge in [0, 0.05) is 9.50 Å². The molecule has 27 heavy (non-hydrogen) atoms. The van der Waals surface area contributed by atoms with Crippen LogP contribution in [0.4, 0.5) is 5.95 Å². The van der Waals surface area contributed by atoms with Crippen LogP contribution in [0.3, 0.4) is 0 Å². The van der Waals surface area contributed by atoms with Crippen molar-refractivity contribution in [3.05, 3.63) is 93.4 Å². The Kier molecular flexibility index (Phi) is 4.18. The normalized spacial score (nSPS) is 18.9. The minimum atomic E-state index is 0.168. The molecule has 0 spiro atoms. The Balaban J connectivity index is 1.67. The van der Waals surface area contributed by atoms with E-state index in [1.165, 1.54) is 11.1 Å². The van der Waals surface area contributed by atoms with Gasteiger partial charge in [0.25, 0.3) is 0 Å². The van der Waals surface area contributed by atoms with Crippen LogP contribution in [0, 0.1) is 0 Å². The van der Waals surface area contributed by atoms with E-state index >= 15 is 0 Å². The number of hydrogen-bond acceptors (Lipinski definition) is 2. The summed E-state index contributed by atoms with van der Waals surface area (Å²) in [4.78, 5) is 4.85. The first-order valence-corrected chi connectivity index (χ1v) is 10.1. The number of imidazole rings is 1. The highest BCUT2D eigenvalue weighted by Gasteiger charge is 2.31. The molecule has 0 aliphatic carbocycles. The Bertz CT molecular complexity index is 1120. The fourth-order valence-electron chi connectivity index (χ4n) is 3.92. The van der Waals surface area contributed by atoms with Gasteiger partial charge in [0.15, 0.2) is 0 Å². The van der Waals surface area contributed by atoms with Gasteiger partial charge in [-0.25, -0.2) is 4.98 Å². The van der Waals surface area contributed by atoms with Gasteiger partial charge in [0.2, 0.25) is 5.95 Å². The van der Waals surface area contributed by atoms with E-state index < -0.39 is 0 Å². The highest BCUT2D eigenvalue weighted by molar-refractivity contribution is 9.10. The van der Waals surface area contributed by atoms with Crippen LogP contribution in [0.1, 0.15) is 29.6 Å². The standard InChI is InChI=1S/C22H17BrClN3/c23-16-10-8-14(9-11-16)19-13-21(15-4-3-5-17(24)12-15)27-20-7-2-1-6-18(20)25-22(27)26-19/h1-12,19,21H,13H2,(H,25,26)/t19-,21+/m0/s1. The molecule has 2 atom stereocenters. The smallest absolute Gasteiger partial charge is 0.204 e. The molecule has 1 aromatic heterocycles. The number of aromatic nitrogens is 2. The van der Waals surface area contributed by atoms with E-state index in [1.54, 1.807) is 0 Å². The van der Waals surface area contributed by atoms with Crippen LogP contribution in [-0.2, 0) is 0 Å². The zero-order valence-electron chi connectivity index (χ0n) is 14.4. The number of halogens is 2. The Morgan fingerprint density at radius 2 is 1.78 bits per heavy atom. The van der Waals surface area contributed by atoms with Gasteiger partial charge in [-0.05, 0) is 53.9 Å². The van der Waals surface area contributed by atoms with Crippen molar-refractivity contribution in [3.8, 4) is 0 Å². The van der Waals surface area contributed by atoms with Gasteiger partial charge < -0.3 is 9.88 Å². The summed E-state index contributed by atoms with van der Waals surface area (Å²) in [5.74, 6) is 0.903. The van der Waals surface area contributed by atoms with Gasteiger partial charge >= 0.3 is 0 Å². The third kappa shape index (κ3) is 3.03. The average molecular weight is 439 g/mol. The van der Waals surface area contributed by atoms with Crippen molar-refractivity contribution in [1.29, 1.82) is 0 Å². The molecule has 1 aliphatic rings. The molecule has 0 bridgehead atoms. The molecule has 0 amide bonds. The van der Waals surface area contributed by atoms with Crippen molar-refractivity contribution in [2.24, 2.45) is 0 Å². The van der Waals surface area contributed by atoms with E-state index in [1.807, 2.05) is 18.2 Å². The molecule has 0 fully saturated rings. The van der Waals surface area contributed by atoms with Gasteiger partial charge in [0.1, 0.15) is 0 Å². The lowest BCUT2D eigenvalue weighted by Gasteiger charge is -2.33. The molecule has 134 valence electrons. The number of benzene rings is 3. The van der Waals surface area contributed by atoms with Crippen molar-refractivity contribution in [2.45, 2.75) is 18.5 Å². The lowest BCUT2D eigenvalue weighted by atomic mass is 9.93. The fraction of sp³-hybridized carbons (Fsp3) is 0.136. The Hall–Kier alpha value is -2.30. The number of para-hydroxylation sites is 2. The first-order chi connectivity index (χ1) is 13.2. The zero-order valence-corrected chi connectivity index (χ0v) is 16.8. The predicted octanol–water partition coefficient (Wildman–Crippen LogP) is 6.60. The van der Waals surface area contributed by atoms with Crippen molar-refractivity contribution in [1.82, 2.24) is 9.55 Å². The van der Waals surface area contributed by atoms with Crippen LogP contribution in [0.25, 0.3) is 11.0 Å². The molecule has 0 unspecified atom stereocenters. The summed E-state index contributed by atoms with van der Waals surface area (Å²) in [6, 6.07) is 25.3. The van der Waals surface area contributed by atoms with E-state index in [0.29, 0.717) is 0 Å². The fourth-order valence-corrected chi connectivity index (χ4v) is 4.38. The molecular formula is C22H17BrClN3. The number of nitrogens with zero attached hydrogens (tertiary/aromatic N) is 2. The summed E-state index contributed by atoms with van der Waals surface area (Å²) in [5, 5.41) is 4.40. The first kappa shape index (κ1) is 16.8. The SMILES string of the molecule is Clc1cccc([C@H]2C[C@@H](c3ccc(Br)cc3)Nc3nc4ccccc4n32)c1. The molecule has 3 nitrogen and oxygen atoms in total. The molecule has 5 rings (SSSR count). The second-order valence-corrected chi connectivity index (χ2v) is 8.20. The van der Waals surface area contributed by atoms with Crippen molar-refractivity contribution in [2.75, 3.05) is 5.32 Å². The van der Waals surface area contributed by atoms with E-state index in [4.69, 9.17) is 16.6 Å². The van der Waals surface area contributed by atoms with E-state index in [9.17, 15) is 0 Å². The third-order valence-electron chi connectivity index (χ3n) is 5.18. The molecular weight excluding hydrogens is 422 g/mol. The molecule has 0 saturated heterocycles. The van der Waals surface area contributed by atoms with Crippen molar-refractivity contribution in [3.63, 3.8) is 0 Å². The highest BCUT2D eigenvalue weighted by Crippen LogP contribution is 2.41. The zero-order chi connectivity index (χ0) is 18.4. The van der Waals surface area contributed by atoms with Crippen LogP contribution in [0.5, 0.6) is 0 Å². The van der Waals surface area contributed by atoms with E-state index in [-0.39, 0.29) is 12.1 Å². The van der Waals surface area contributed by atoms with Gasteiger partial charge in [-0.2, -0.15) is 0 Å². The minimum absolute atomic E-state index is 0.168. The van der Waals surface area contributed by atoms with Crippen molar-refractivity contribution < 1.29 is 0 Å². The summed E-state index contributed by atoms with van der Waals surface area (Å²) in [5.41, 5.74) is 4.60. The Morgan fingerprint density at radius 3 is 2.59 bits per heavy atom. The van der Waals surface area contributed by atoms with Gasteiger partial charge in [-0.1, -0.05) is 63.9 Å². The third-order valence-corrected chi connectivity index (χ3v) is 5.94. The lowest BCUT2D eigenvalue weighted by Crippen LogP contribution is -2.27. The quantitative estimate of drug-likeness (QED) is 0.382. The first-order valence-electron chi connectivity index (χ1n) is 8.93. The number of fused-ring (bicyclic) bond motifs is 3. The molecule has 5 heteroatoms. The largest absolute Gasteiger partial charge is 0.349 e. The van der Waals surface area contributed by atoms with Crippen LogP contribution in [-0.4, -0.2) is 9.55 Å². The molecule has 1 N–H and O–H groups in total. The topological polar surface area (TPSA) is 29.9 Å². The molecule has 1 aliphatic heterocycles. The Morgan fingerprint density at radius 1 is 0.963 bits per heavy atom. The maximum atomic E-state index is 6.31. The van der Waals surface area contributed by atoms with Gasteiger partial charge in [-0.15, -0.1) is 0 Å². The Labute approximate surface area is 171 Å². The van der Waals surface area contributed by atoms with E-state index in [0.717, 1.165) is 32.9 Å². The second kappa shape index (κ2) is 6.70. The predicted molar refractivity (Wildman–Crippen MR) is 114 cm³/mol. The van der Waals surface area contributed by atoms with Crippen LogP contribution < -0.4 is 5.32 Å². The van der Waals surface area contributed by atoms with Gasteiger partial charge in [-0.3, -0.25) is 0 Å². The number of hydrogen-bond donors (Lipinski definition) is 1. The minimum Gasteiger partial charge on any atom is -0.349 e. The monoisotopic (exact) mass is 437 g/mol. The summed E-state index contributed by atoms with van der Waals surface area (Å²) in [6.45, 7) is 0. The van der Waals surface area contributed by atoms with Crippen LogP contribution >= 0.6 is 27.5 Å². The summed E-state index contributed by atoms with van der Waals surface area (Å²) in [6.07, 6.45) is 0.926. The lowest BCUT2D eigenvalue weighted by molar-refractivity contribution is 0.477. The van der Waals surface area contributed by atoms with Crippen molar-refractivity contribution >= 4 is 44.5 Å². The summed E-state index contributed by atoms with van der Waals surface area (Å²) < 4.78 is 3.39. The van der Waals surface area contributed by atoms with E-state index in [2.05, 4.69) is 80.4 Å². The summed E-state index contributed by atoms with van der Waals surface area (Å²) in [7, 11) is 0. The average Bonchev–Trinajstić information content (AvgIpc) is 3.06. The summed E-state index contributed by atoms with van der Waals surface area (Å²) >= 11 is 9.83. The molecule has 0 radical (unpaired) electrons. The number of nitrogens with one attached hydrogen (secondary N) is 1. The number of anilines is 1. The van der Waals surface area contributed by atoms with Gasteiger partial charge in [0.05, 0.1) is 23.1 Å². The number of rotatable bonds is 2. The van der Waals surface area contributed by atoms with Crippen LogP contribution in [0.15, 0.2) is 77.3 Å². The maximum absolute atomic E-state index is 6.31. The second-order valence-electron chi connectivity index (χ2n) is 6.85. The highest BCUT2D eigenvalue weighted by atomic mass is 79.9. The molecule has 3 aromatic carbocycles. The molecule has 2 heterocycles. The molecule has 4 aromatic rings. The maximum Gasteiger partial charge on any atom is 0.204 e. The molecule has 0 saturated carbocycles. The van der Waals surface area contributed by atoms with Crippen LogP contribution in [0.2, 0.25) is 5.02 Å².